The number of rotatable bonds is 6. The fraction of sp³-hybridized carbons (Fsp3) is 0.462. The van der Waals surface area contributed by atoms with Crippen LogP contribution in [0.4, 0.5) is 0 Å². The number of nitrogens with two attached hydrogens (primary N) is 1. The van der Waals surface area contributed by atoms with Crippen LogP contribution >= 0.6 is 0 Å². The van der Waals surface area contributed by atoms with Crippen LogP contribution in [0.25, 0.3) is 0 Å². The molecule has 0 bridgehead atoms. The van der Waals surface area contributed by atoms with E-state index in [9.17, 15) is 4.79 Å². The van der Waals surface area contributed by atoms with Gasteiger partial charge in [-0.3, -0.25) is 4.79 Å². The number of hydrogen-bond acceptors (Lipinski definition) is 4. The molecule has 2 N–H and O–H groups in total. The predicted octanol–water partition coefficient (Wildman–Crippen LogP) is 1.01. The third-order valence-electron chi connectivity index (χ3n) is 2.74. The summed E-state index contributed by atoms with van der Waals surface area (Å²) in [6, 6.07) is 5.47. The Balaban J connectivity index is 2.80. The fourth-order valence-corrected chi connectivity index (χ4v) is 1.47. The van der Waals surface area contributed by atoms with Gasteiger partial charge in [0.2, 0.25) is 0 Å². The van der Waals surface area contributed by atoms with Crippen LogP contribution in [0.1, 0.15) is 12.5 Å². The van der Waals surface area contributed by atoms with Crippen LogP contribution < -0.4 is 15.2 Å². The first kappa shape index (κ1) is 14.3. The molecule has 1 rings (SSSR count). The van der Waals surface area contributed by atoms with E-state index in [1.165, 1.54) is 0 Å². The van der Waals surface area contributed by atoms with Crippen LogP contribution in [0.2, 0.25) is 0 Å². The summed E-state index contributed by atoms with van der Waals surface area (Å²) in [5.41, 5.74) is 6.46. The van der Waals surface area contributed by atoms with Gasteiger partial charge in [0.05, 0.1) is 7.11 Å². The normalized spacial score (nSPS) is 10.0. The lowest BCUT2D eigenvalue weighted by molar-refractivity contribution is -0.131. The molecule has 0 spiro atoms. The minimum Gasteiger partial charge on any atom is -0.493 e. The molecule has 0 aliphatic heterocycles. The van der Waals surface area contributed by atoms with Crippen LogP contribution in [0.3, 0.4) is 0 Å². The molecule has 0 heterocycles. The van der Waals surface area contributed by atoms with Gasteiger partial charge in [-0.15, -0.1) is 0 Å². The molecule has 0 aromatic heterocycles. The molecule has 18 heavy (non-hydrogen) atoms. The van der Waals surface area contributed by atoms with Crippen molar-refractivity contribution < 1.29 is 14.3 Å². The second kappa shape index (κ2) is 6.86. The smallest absolute Gasteiger partial charge is 0.260 e. The number of methoxy groups -OCH3 is 1. The summed E-state index contributed by atoms with van der Waals surface area (Å²) in [5.74, 6) is 1.05. The third-order valence-corrected chi connectivity index (χ3v) is 2.74. The van der Waals surface area contributed by atoms with Crippen molar-refractivity contribution in [2.75, 3.05) is 27.3 Å². The highest BCUT2D eigenvalue weighted by atomic mass is 16.5. The van der Waals surface area contributed by atoms with Gasteiger partial charge in [0, 0.05) is 25.7 Å². The molecule has 100 valence electrons. The summed E-state index contributed by atoms with van der Waals surface area (Å²) in [6.45, 7) is 2.88. The van der Waals surface area contributed by atoms with Crippen molar-refractivity contribution in [2.45, 2.75) is 13.5 Å². The molecule has 1 aromatic carbocycles. The van der Waals surface area contributed by atoms with Crippen molar-refractivity contribution in [1.82, 2.24) is 4.90 Å². The maximum atomic E-state index is 11.7. The second-order valence-corrected chi connectivity index (χ2v) is 3.85. The molecule has 1 aromatic rings. The Kier molecular flexibility index (Phi) is 5.45. The number of carbonyl (C=O) groups is 1. The van der Waals surface area contributed by atoms with E-state index in [-0.39, 0.29) is 12.5 Å². The quantitative estimate of drug-likeness (QED) is 0.820. The molecule has 5 nitrogen and oxygen atoms in total. The van der Waals surface area contributed by atoms with E-state index in [0.29, 0.717) is 24.6 Å². The average molecular weight is 252 g/mol. The number of ether oxygens (including phenoxy) is 2. The molecule has 0 radical (unpaired) electrons. The summed E-state index contributed by atoms with van der Waals surface area (Å²) < 4.78 is 10.7. The minimum absolute atomic E-state index is 0.0162. The summed E-state index contributed by atoms with van der Waals surface area (Å²) >= 11 is 0. The molecule has 0 atom stereocenters. The van der Waals surface area contributed by atoms with E-state index < -0.39 is 0 Å². The van der Waals surface area contributed by atoms with Crippen molar-refractivity contribution in [3.05, 3.63) is 23.8 Å². The van der Waals surface area contributed by atoms with E-state index in [1.807, 2.05) is 19.1 Å². The summed E-state index contributed by atoms with van der Waals surface area (Å²) in [4.78, 5) is 13.3. The van der Waals surface area contributed by atoms with Crippen molar-refractivity contribution in [2.24, 2.45) is 5.73 Å². The van der Waals surface area contributed by atoms with E-state index >= 15 is 0 Å². The number of hydrogen-bond donors (Lipinski definition) is 1. The molecule has 0 aliphatic carbocycles. The SMILES string of the molecule is CCN(C)C(=O)COc1c(CN)cccc1OC. The maximum absolute atomic E-state index is 11.7. The molecular formula is C13H20N2O3. The van der Waals surface area contributed by atoms with Gasteiger partial charge in [-0.1, -0.05) is 12.1 Å². The lowest BCUT2D eigenvalue weighted by Gasteiger charge is -2.17. The van der Waals surface area contributed by atoms with Gasteiger partial charge >= 0.3 is 0 Å². The zero-order valence-electron chi connectivity index (χ0n) is 11.1. The number of nitrogens with zero attached hydrogens (tertiary/aromatic N) is 1. The molecule has 0 saturated heterocycles. The van der Waals surface area contributed by atoms with Crippen LogP contribution in [0, 0.1) is 0 Å². The molecule has 0 fully saturated rings. The Morgan fingerprint density at radius 2 is 2.17 bits per heavy atom. The van der Waals surface area contributed by atoms with Gasteiger partial charge in [0.15, 0.2) is 18.1 Å². The number of amides is 1. The molecule has 0 unspecified atom stereocenters. The lowest BCUT2D eigenvalue weighted by Crippen LogP contribution is -2.31. The van der Waals surface area contributed by atoms with E-state index in [1.54, 1.807) is 25.1 Å². The fourth-order valence-electron chi connectivity index (χ4n) is 1.47. The Morgan fingerprint density at radius 1 is 1.44 bits per heavy atom. The molecule has 1 amide bonds. The highest BCUT2D eigenvalue weighted by Gasteiger charge is 2.13. The lowest BCUT2D eigenvalue weighted by atomic mass is 10.2. The van der Waals surface area contributed by atoms with E-state index in [2.05, 4.69) is 0 Å². The molecule has 0 aliphatic rings. The first-order valence-corrected chi connectivity index (χ1v) is 5.86. The minimum atomic E-state index is -0.0774. The van der Waals surface area contributed by atoms with Crippen molar-refractivity contribution in [1.29, 1.82) is 0 Å². The van der Waals surface area contributed by atoms with Gasteiger partial charge in [-0.25, -0.2) is 0 Å². The zero-order chi connectivity index (χ0) is 13.5. The van der Waals surface area contributed by atoms with E-state index in [4.69, 9.17) is 15.2 Å². The van der Waals surface area contributed by atoms with Gasteiger partial charge in [0.1, 0.15) is 0 Å². The van der Waals surface area contributed by atoms with Crippen molar-refractivity contribution in [3.63, 3.8) is 0 Å². The molecule has 0 saturated carbocycles. The Bertz CT molecular complexity index is 385. The number of likely N-dealkylation sites (N-methyl/N-ethyl adjacent to an activating group) is 1. The summed E-state index contributed by atoms with van der Waals surface area (Å²) in [7, 11) is 3.29. The Hall–Kier alpha value is -1.75. The maximum Gasteiger partial charge on any atom is 0.260 e. The van der Waals surface area contributed by atoms with Crippen LogP contribution in [-0.2, 0) is 11.3 Å². The van der Waals surface area contributed by atoms with Gasteiger partial charge in [0.25, 0.3) is 5.91 Å². The Morgan fingerprint density at radius 3 is 2.72 bits per heavy atom. The molecular weight excluding hydrogens is 232 g/mol. The van der Waals surface area contributed by atoms with Gasteiger partial charge in [-0.2, -0.15) is 0 Å². The van der Waals surface area contributed by atoms with Crippen LogP contribution in [0.15, 0.2) is 18.2 Å². The summed E-state index contributed by atoms with van der Waals surface area (Å²) in [6.07, 6.45) is 0. The summed E-state index contributed by atoms with van der Waals surface area (Å²) in [5, 5.41) is 0. The highest BCUT2D eigenvalue weighted by molar-refractivity contribution is 5.77. The topological polar surface area (TPSA) is 64.8 Å². The first-order valence-electron chi connectivity index (χ1n) is 5.86. The van der Waals surface area contributed by atoms with Crippen molar-refractivity contribution in [3.8, 4) is 11.5 Å². The zero-order valence-corrected chi connectivity index (χ0v) is 11.1. The predicted molar refractivity (Wildman–Crippen MR) is 69.7 cm³/mol. The van der Waals surface area contributed by atoms with E-state index in [0.717, 1.165) is 5.56 Å². The van der Waals surface area contributed by atoms with Crippen LogP contribution in [0.5, 0.6) is 11.5 Å². The third kappa shape index (κ3) is 3.37. The standard InChI is InChI=1S/C13H20N2O3/c1-4-15(2)12(16)9-18-13-10(8-14)6-5-7-11(13)17-3/h5-7H,4,8-9,14H2,1-3H3. The first-order chi connectivity index (χ1) is 8.63. The van der Waals surface area contributed by atoms with Crippen LogP contribution in [-0.4, -0.2) is 38.1 Å². The number of para-hydroxylation sites is 1. The largest absolute Gasteiger partial charge is 0.493 e. The number of carbonyl (C=O) groups excluding carboxylic acids is 1. The highest BCUT2D eigenvalue weighted by Crippen LogP contribution is 2.30. The molecule has 5 heteroatoms. The van der Waals surface area contributed by atoms with Crippen molar-refractivity contribution >= 4 is 5.91 Å². The number of benzene rings is 1. The van der Waals surface area contributed by atoms with Gasteiger partial charge < -0.3 is 20.1 Å². The Labute approximate surface area is 107 Å². The second-order valence-electron chi connectivity index (χ2n) is 3.85. The average Bonchev–Trinajstić information content (AvgIpc) is 2.43. The monoisotopic (exact) mass is 252 g/mol. The van der Waals surface area contributed by atoms with Gasteiger partial charge in [-0.05, 0) is 13.0 Å².